The number of amides is 1. The Morgan fingerprint density at radius 3 is 2.68 bits per heavy atom. The SMILES string of the molecule is CC(C)c1ccc2[nH]c(C(=O)O)c(CNC(=O)C3CC3)c2c1. The largest absolute Gasteiger partial charge is 0.477 e. The van der Waals surface area contributed by atoms with Gasteiger partial charge in [0.1, 0.15) is 5.69 Å². The van der Waals surface area contributed by atoms with Crippen LogP contribution in [0.4, 0.5) is 0 Å². The summed E-state index contributed by atoms with van der Waals surface area (Å²) in [6.45, 7) is 4.44. The Labute approximate surface area is 128 Å². The molecule has 1 saturated carbocycles. The first kappa shape index (κ1) is 14.6. The van der Waals surface area contributed by atoms with Crippen LogP contribution in [0.2, 0.25) is 0 Å². The normalized spacial score (nSPS) is 14.5. The van der Waals surface area contributed by atoms with Gasteiger partial charge in [0.15, 0.2) is 0 Å². The van der Waals surface area contributed by atoms with Gasteiger partial charge in [-0.15, -0.1) is 0 Å². The molecule has 0 saturated heterocycles. The Morgan fingerprint density at radius 1 is 1.36 bits per heavy atom. The molecule has 1 aliphatic carbocycles. The number of aromatic nitrogens is 1. The Morgan fingerprint density at radius 2 is 2.09 bits per heavy atom. The number of nitrogens with one attached hydrogen (secondary N) is 2. The highest BCUT2D eigenvalue weighted by molar-refractivity contribution is 5.98. The van der Waals surface area contributed by atoms with Crippen molar-refractivity contribution in [3.8, 4) is 0 Å². The zero-order chi connectivity index (χ0) is 15.9. The number of fused-ring (bicyclic) bond motifs is 1. The molecule has 1 aromatic heterocycles. The molecule has 2 aromatic rings. The fourth-order valence-corrected chi connectivity index (χ4v) is 2.66. The molecule has 116 valence electrons. The smallest absolute Gasteiger partial charge is 0.352 e. The van der Waals surface area contributed by atoms with Gasteiger partial charge < -0.3 is 15.4 Å². The van der Waals surface area contributed by atoms with E-state index in [-0.39, 0.29) is 24.1 Å². The predicted molar refractivity (Wildman–Crippen MR) is 83.9 cm³/mol. The summed E-state index contributed by atoms with van der Waals surface area (Å²) in [5, 5.41) is 13.1. The second-order valence-electron chi connectivity index (χ2n) is 6.24. The molecule has 1 fully saturated rings. The Bertz CT molecular complexity index is 742. The minimum absolute atomic E-state index is 0.0192. The molecule has 1 heterocycles. The van der Waals surface area contributed by atoms with Crippen molar-refractivity contribution < 1.29 is 14.7 Å². The van der Waals surface area contributed by atoms with Gasteiger partial charge in [0.05, 0.1) is 0 Å². The van der Waals surface area contributed by atoms with Crippen molar-refractivity contribution in [3.05, 3.63) is 35.0 Å². The van der Waals surface area contributed by atoms with Crippen molar-refractivity contribution in [1.29, 1.82) is 0 Å². The van der Waals surface area contributed by atoms with Crippen molar-refractivity contribution >= 4 is 22.8 Å². The number of carboxylic acids is 1. The lowest BCUT2D eigenvalue weighted by Crippen LogP contribution is -2.25. The molecule has 3 N–H and O–H groups in total. The molecular formula is C17H20N2O3. The van der Waals surface area contributed by atoms with Gasteiger partial charge in [0.25, 0.3) is 0 Å². The molecule has 3 rings (SSSR count). The summed E-state index contributed by atoms with van der Waals surface area (Å²) in [5.41, 5.74) is 2.75. The van der Waals surface area contributed by atoms with E-state index in [9.17, 15) is 14.7 Å². The van der Waals surface area contributed by atoms with Crippen molar-refractivity contribution in [2.45, 2.75) is 39.2 Å². The summed E-state index contributed by atoms with van der Waals surface area (Å²) < 4.78 is 0. The molecule has 5 heteroatoms. The van der Waals surface area contributed by atoms with Gasteiger partial charge in [-0.25, -0.2) is 4.79 Å². The van der Waals surface area contributed by atoms with E-state index in [1.807, 2.05) is 18.2 Å². The highest BCUT2D eigenvalue weighted by Crippen LogP contribution is 2.30. The van der Waals surface area contributed by atoms with E-state index in [0.717, 1.165) is 29.3 Å². The van der Waals surface area contributed by atoms with Crippen LogP contribution >= 0.6 is 0 Å². The van der Waals surface area contributed by atoms with Crippen molar-refractivity contribution in [3.63, 3.8) is 0 Å². The van der Waals surface area contributed by atoms with E-state index >= 15 is 0 Å². The second-order valence-corrected chi connectivity index (χ2v) is 6.24. The van der Waals surface area contributed by atoms with Crippen LogP contribution in [0.1, 0.15) is 54.2 Å². The molecule has 1 aliphatic rings. The van der Waals surface area contributed by atoms with Gasteiger partial charge in [-0.2, -0.15) is 0 Å². The summed E-state index contributed by atoms with van der Waals surface area (Å²) in [6.07, 6.45) is 1.87. The molecule has 0 unspecified atom stereocenters. The topological polar surface area (TPSA) is 82.2 Å². The van der Waals surface area contributed by atoms with Crippen LogP contribution in [0.3, 0.4) is 0 Å². The molecule has 0 atom stereocenters. The quantitative estimate of drug-likeness (QED) is 0.793. The highest BCUT2D eigenvalue weighted by Gasteiger charge is 2.29. The zero-order valence-electron chi connectivity index (χ0n) is 12.8. The average Bonchev–Trinajstić information content (AvgIpc) is 3.25. The van der Waals surface area contributed by atoms with Gasteiger partial charge in [-0.05, 0) is 36.5 Å². The molecule has 5 nitrogen and oxygen atoms in total. The van der Waals surface area contributed by atoms with Crippen LogP contribution in [-0.2, 0) is 11.3 Å². The van der Waals surface area contributed by atoms with Gasteiger partial charge >= 0.3 is 5.97 Å². The van der Waals surface area contributed by atoms with Crippen LogP contribution in [0.25, 0.3) is 10.9 Å². The van der Waals surface area contributed by atoms with E-state index in [2.05, 4.69) is 24.1 Å². The number of aromatic carboxylic acids is 1. The number of carbonyl (C=O) groups excluding carboxylic acids is 1. The summed E-state index contributed by atoms with van der Waals surface area (Å²) in [7, 11) is 0. The molecular weight excluding hydrogens is 280 g/mol. The number of H-pyrrole nitrogens is 1. The molecule has 22 heavy (non-hydrogen) atoms. The minimum Gasteiger partial charge on any atom is -0.477 e. The molecule has 1 aromatic carbocycles. The molecule has 0 aliphatic heterocycles. The number of aromatic amines is 1. The highest BCUT2D eigenvalue weighted by atomic mass is 16.4. The molecule has 0 radical (unpaired) electrons. The fraction of sp³-hybridized carbons (Fsp3) is 0.412. The average molecular weight is 300 g/mol. The molecule has 0 spiro atoms. The Kier molecular flexibility index (Phi) is 3.64. The number of hydrogen-bond acceptors (Lipinski definition) is 2. The first-order chi connectivity index (χ1) is 10.5. The monoisotopic (exact) mass is 300 g/mol. The van der Waals surface area contributed by atoms with Crippen LogP contribution < -0.4 is 5.32 Å². The summed E-state index contributed by atoms with van der Waals surface area (Å²) >= 11 is 0. The van der Waals surface area contributed by atoms with Gasteiger partial charge in [-0.3, -0.25) is 4.79 Å². The van der Waals surface area contributed by atoms with Gasteiger partial charge in [0.2, 0.25) is 5.91 Å². The summed E-state index contributed by atoms with van der Waals surface area (Å²) in [6, 6.07) is 5.92. The lowest BCUT2D eigenvalue weighted by Gasteiger charge is -2.07. The number of hydrogen-bond donors (Lipinski definition) is 3. The van der Waals surface area contributed by atoms with Crippen LogP contribution in [0.5, 0.6) is 0 Å². The van der Waals surface area contributed by atoms with E-state index < -0.39 is 5.97 Å². The fourth-order valence-electron chi connectivity index (χ4n) is 2.66. The third kappa shape index (κ3) is 2.71. The van der Waals surface area contributed by atoms with Crippen molar-refractivity contribution in [2.75, 3.05) is 0 Å². The van der Waals surface area contributed by atoms with Gasteiger partial charge in [-0.1, -0.05) is 19.9 Å². The van der Waals surface area contributed by atoms with Gasteiger partial charge in [0, 0.05) is 28.9 Å². The number of carboxylic acid groups (broad SMARTS) is 1. The maximum atomic E-state index is 11.8. The number of rotatable bonds is 5. The third-order valence-corrected chi connectivity index (χ3v) is 4.20. The van der Waals surface area contributed by atoms with Crippen LogP contribution in [0, 0.1) is 5.92 Å². The lowest BCUT2D eigenvalue weighted by molar-refractivity contribution is -0.122. The van der Waals surface area contributed by atoms with E-state index in [0.29, 0.717) is 11.5 Å². The van der Waals surface area contributed by atoms with Crippen molar-refractivity contribution in [1.82, 2.24) is 10.3 Å². The van der Waals surface area contributed by atoms with E-state index in [1.54, 1.807) is 0 Å². The van der Waals surface area contributed by atoms with Crippen LogP contribution in [-0.4, -0.2) is 22.0 Å². The number of benzene rings is 1. The Hall–Kier alpha value is -2.30. The second kappa shape index (κ2) is 5.48. The predicted octanol–water partition coefficient (Wildman–Crippen LogP) is 3.02. The summed E-state index contributed by atoms with van der Waals surface area (Å²) in [4.78, 5) is 26.2. The zero-order valence-corrected chi connectivity index (χ0v) is 12.8. The van der Waals surface area contributed by atoms with Crippen LogP contribution in [0.15, 0.2) is 18.2 Å². The number of carbonyl (C=O) groups is 2. The minimum atomic E-state index is -1.00. The molecule has 0 bridgehead atoms. The molecule has 1 amide bonds. The first-order valence-electron chi connectivity index (χ1n) is 7.63. The first-order valence-corrected chi connectivity index (χ1v) is 7.63. The van der Waals surface area contributed by atoms with E-state index in [4.69, 9.17) is 0 Å². The maximum Gasteiger partial charge on any atom is 0.352 e. The maximum absolute atomic E-state index is 11.8. The third-order valence-electron chi connectivity index (χ3n) is 4.20. The van der Waals surface area contributed by atoms with E-state index in [1.165, 1.54) is 0 Å². The Balaban J connectivity index is 1.98. The standard InChI is InChI=1S/C17H20N2O3/c1-9(2)11-5-6-14-12(7-11)13(15(19-14)17(21)22)8-18-16(20)10-3-4-10/h5-7,9-10,19H,3-4,8H2,1-2H3,(H,18,20)(H,21,22). The summed E-state index contributed by atoms with van der Waals surface area (Å²) in [5.74, 6) is -0.505. The lowest BCUT2D eigenvalue weighted by atomic mass is 10.00. The van der Waals surface area contributed by atoms with Crippen molar-refractivity contribution in [2.24, 2.45) is 5.92 Å².